The van der Waals surface area contributed by atoms with E-state index in [2.05, 4.69) is 38.4 Å². The number of anilines is 1. The summed E-state index contributed by atoms with van der Waals surface area (Å²) in [5.74, 6) is 0.725. The van der Waals surface area contributed by atoms with E-state index in [0.717, 1.165) is 16.6 Å². The van der Waals surface area contributed by atoms with E-state index in [9.17, 15) is 4.79 Å². The van der Waals surface area contributed by atoms with Gasteiger partial charge in [0.1, 0.15) is 0 Å². The van der Waals surface area contributed by atoms with Crippen LogP contribution in [0, 0.1) is 5.92 Å². The topological polar surface area (TPSA) is 94.0 Å². The van der Waals surface area contributed by atoms with Crippen LogP contribution in [0.4, 0.5) is 5.69 Å². The first-order valence-electron chi connectivity index (χ1n) is 7.26. The summed E-state index contributed by atoms with van der Waals surface area (Å²) in [6.45, 7) is 4.09. The summed E-state index contributed by atoms with van der Waals surface area (Å²) in [5.41, 5.74) is 6.78. The van der Waals surface area contributed by atoms with Gasteiger partial charge in [-0.3, -0.25) is 4.79 Å². The van der Waals surface area contributed by atoms with Crippen molar-refractivity contribution < 1.29 is 9.21 Å². The average Bonchev–Trinajstić information content (AvgIpc) is 3.02. The van der Waals surface area contributed by atoms with Gasteiger partial charge in [0.05, 0.1) is 11.8 Å². The number of hydrogen-bond donors (Lipinski definition) is 2. The monoisotopic (exact) mass is 398 g/mol. The van der Waals surface area contributed by atoms with Crippen molar-refractivity contribution >= 4 is 39.3 Å². The number of rotatable bonds is 7. The molecule has 8 heteroatoms. The Labute approximate surface area is 147 Å². The third kappa shape index (κ3) is 5.33. The number of benzene rings is 1. The van der Waals surface area contributed by atoms with E-state index in [1.54, 1.807) is 0 Å². The molecule has 0 bridgehead atoms. The first-order chi connectivity index (χ1) is 11.0. The van der Waals surface area contributed by atoms with Crippen molar-refractivity contribution in [2.75, 3.05) is 11.1 Å². The van der Waals surface area contributed by atoms with Gasteiger partial charge in [-0.2, -0.15) is 0 Å². The van der Waals surface area contributed by atoms with E-state index in [1.165, 1.54) is 11.8 Å². The zero-order chi connectivity index (χ0) is 16.8. The van der Waals surface area contributed by atoms with Gasteiger partial charge in [-0.05, 0) is 30.2 Å². The Morgan fingerprint density at radius 2 is 2.09 bits per heavy atom. The molecule has 124 valence electrons. The molecule has 0 radical (unpaired) electrons. The minimum atomic E-state index is -0.279. The molecule has 3 N–H and O–H groups in total. The number of nitrogens with zero attached hydrogens (tertiary/aromatic N) is 2. The minimum Gasteiger partial charge on any atom is -0.414 e. The van der Waals surface area contributed by atoms with E-state index < -0.39 is 0 Å². The summed E-state index contributed by atoms with van der Waals surface area (Å²) >= 11 is 4.54. The average molecular weight is 399 g/mol. The van der Waals surface area contributed by atoms with Crippen LogP contribution in [0.3, 0.4) is 0 Å². The highest BCUT2D eigenvalue weighted by Crippen LogP contribution is 2.24. The summed E-state index contributed by atoms with van der Waals surface area (Å²) in [7, 11) is 0. The van der Waals surface area contributed by atoms with Crippen molar-refractivity contribution in [3.05, 3.63) is 34.6 Å². The molecule has 1 amide bonds. The first kappa shape index (κ1) is 18.0. The number of carbonyl (C=O) groups is 1. The summed E-state index contributed by atoms with van der Waals surface area (Å²) in [6, 6.07) is 7.09. The largest absolute Gasteiger partial charge is 0.414 e. The molecule has 2 atom stereocenters. The lowest BCUT2D eigenvalue weighted by Gasteiger charge is -2.13. The van der Waals surface area contributed by atoms with Crippen molar-refractivity contribution in [1.82, 2.24) is 10.2 Å². The van der Waals surface area contributed by atoms with Gasteiger partial charge in [-0.1, -0.05) is 48.0 Å². The molecule has 23 heavy (non-hydrogen) atoms. The molecule has 0 aliphatic carbocycles. The zero-order valence-corrected chi connectivity index (χ0v) is 15.4. The Balaban J connectivity index is 1.85. The van der Waals surface area contributed by atoms with Gasteiger partial charge in [0.2, 0.25) is 11.8 Å². The number of carbonyl (C=O) groups excluding carboxylic acids is 1. The van der Waals surface area contributed by atoms with Crippen molar-refractivity contribution in [3.63, 3.8) is 0 Å². The second-order valence-electron chi connectivity index (χ2n) is 5.16. The zero-order valence-electron chi connectivity index (χ0n) is 13.0. The molecule has 6 nitrogen and oxygen atoms in total. The van der Waals surface area contributed by atoms with E-state index in [0.29, 0.717) is 11.1 Å². The fraction of sp³-hybridized carbons (Fsp3) is 0.400. The maximum absolute atomic E-state index is 11.9. The highest BCUT2D eigenvalue weighted by Gasteiger charge is 2.20. The minimum absolute atomic E-state index is 0.136. The maximum Gasteiger partial charge on any atom is 0.277 e. The van der Waals surface area contributed by atoms with Gasteiger partial charge in [0.25, 0.3) is 5.22 Å². The van der Waals surface area contributed by atoms with Gasteiger partial charge in [-0.15, -0.1) is 10.2 Å². The molecule has 1 aromatic carbocycles. The lowest BCUT2D eigenvalue weighted by molar-refractivity contribution is -0.113. The highest BCUT2D eigenvalue weighted by atomic mass is 79.9. The maximum atomic E-state index is 11.9. The van der Waals surface area contributed by atoms with Crippen molar-refractivity contribution in [2.24, 2.45) is 11.7 Å². The van der Waals surface area contributed by atoms with Gasteiger partial charge in [-0.25, -0.2) is 0 Å². The number of halogens is 1. The van der Waals surface area contributed by atoms with Crippen molar-refractivity contribution in [3.8, 4) is 0 Å². The molecule has 2 rings (SSSR count). The third-order valence-electron chi connectivity index (χ3n) is 3.42. The fourth-order valence-corrected chi connectivity index (χ4v) is 2.60. The van der Waals surface area contributed by atoms with Crippen LogP contribution in [-0.2, 0) is 4.79 Å². The lowest BCUT2D eigenvalue weighted by atomic mass is 10.0. The fourth-order valence-electron chi connectivity index (χ4n) is 1.77. The Bertz CT molecular complexity index is 647. The molecule has 1 aromatic heterocycles. The van der Waals surface area contributed by atoms with E-state index in [-0.39, 0.29) is 23.6 Å². The number of nitrogens with one attached hydrogen (secondary N) is 1. The molecule has 0 aliphatic heterocycles. The third-order valence-corrected chi connectivity index (χ3v) is 4.77. The van der Waals surface area contributed by atoms with Crippen LogP contribution in [0.1, 0.15) is 32.2 Å². The molecular formula is C15H19BrN4O2S. The van der Waals surface area contributed by atoms with E-state index in [1.807, 2.05) is 31.2 Å². The predicted molar refractivity (Wildman–Crippen MR) is 94.2 cm³/mol. The highest BCUT2D eigenvalue weighted by molar-refractivity contribution is 9.10. The Kier molecular flexibility index (Phi) is 6.61. The van der Waals surface area contributed by atoms with Gasteiger partial charge >= 0.3 is 0 Å². The molecule has 0 saturated heterocycles. The van der Waals surface area contributed by atoms with Gasteiger partial charge in [0.15, 0.2) is 0 Å². The summed E-state index contributed by atoms with van der Waals surface area (Å²) in [4.78, 5) is 11.9. The quantitative estimate of drug-likeness (QED) is 0.691. The van der Waals surface area contributed by atoms with Crippen LogP contribution in [0.5, 0.6) is 0 Å². The molecule has 0 fully saturated rings. The van der Waals surface area contributed by atoms with Crippen LogP contribution in [0.2, 0.25) is 0 Å². The first-order valence-corrected chi connectivity index (χ1v) is 9.04. The number of aromatic nitrogens is 2. The van der Waals surface area contributed by atoms with Gasteiger partial charge < -0.3 is 15.5 Å². The molecule has 2 aromatic rings. The Morgan fingerprint density at radius 1 is 1.39 bits per heavy atom. The van der Waals surface area contributed by atoms with E-state index in [4.69, 9.17) is 10.2 Å². The normalized spacial score (nSPS) is 13.6. The smallest absolute Gasteiger partial charge is 0.277 e. The molecule has 0 aliphatic rings. The van der Waals surface area contributed by atoms with Crippen LogP contribution < -0.4 is 11.1 Å². The summed E-state index contributed by atoms with van der Waals surface area (Å²) < 4.78 is 6.47. The van der Waals surface area contributed by atoms with Crippen LogP contribution in [0.15, 0.2) is 38.4 Å². The predicted octanol–water partition coefficient (Wildman–Crippen LogP) is 3.61. The van der Waals surface area contributed by atoms with Crippen LogP contribution >= 0.6 is 27.7 Å². The molecule has 0 spiro atoms. The van der Waals surface area contributed by atoms with Crippen molar-refractivity contribution in [2.45, 2.75) is 31.5 Å². The number of thioether (sulfide) groups is 1. The standard InChI is InChI=1S/C15H19BrN4O2S/c1-3-9(2)13(17)14-19-20-15(22-14)23-8-12(21)18-11-6-4-10(16)5-7-11/h4-7,9,13H,3,8,17H2,1-2H3,(H,18,21)/t9?,13-/m0/s1. The molecule has 0 saturated carbocycles. The molecule has 1 unspecified atom stereocenters. The number of hydrogen-bond acceptors (Lipinski definition) is 6. The number of amides is 1. The van der Waals surface area contributed by atoms with E-state index >= 15 is 0 Å². The second kappa shape index (κ2) is 8.47. The Hall–Kier alpha value is -1.38. The van der Waals surface area contributed by atoms with Crippen LogP contribution in [-0.4, -0.2) is 21.9 Å². The Morgan fingerprint density at radius 3 is 2.74 bits per heavy atom. The summed E-state index contributed by atoms with van der Waals surface area (Å²) in [6.07, 6.45) is 0.932. The number of nitrogens with two attached hydrogens (primary N) is 1. The second-order valence-corrected chi connectivity index (χ2v) is 7.00. The van der Waals surface area contributed by atoms with Crippen LogP contribution in [0.25, 0.3) is 0 Å². The van der Waals surface area contributed by atoms with Crippen molar-refractivity contribution in [1.29, 1.82) is 0 Å². The lowest BCUT2D eigenvalue weighted by Crippen LogP contribution is -2.18. The molecular weight excluding hydrogens is 380 g/mol. The van der Waals surface area contributed by atoms with Gasteiger partial charge in [0, 0.05) is 10.2 Å². The SMILES string of the molecule is CCC(C)[C@H](N)c1nnc(SCC(=O)Nc2ccc(Br)cc2)o1. The molecule has 1 heterocycles. The summed E-state index contributed by atoms with van der Waals surface area (Å²) in [5, 5.41) is 11.0.